The minimum absolute atomic E-state index is 0.212. The SMILES string of the molecule is COCCNC(=O)c1cc(S(=O)(=O)N2CCC(C)CC2)cs1. The van der Waals surface area contributed by atoms with E-state index in [1.165, 1.54) is 10.4 Å². The first-order valence-corrected chi connectivity index (χ1v) is 9.63. The molecular formula is C14H22N2O4S2. The van der Waals surface area contributed by atoms with Crippen molar-refractivity contribution in [2.45, 2.75) is 24.7 Å². The summed E-state index contributed by atoms with van der Waals surface area (Å²) >= 11 is 1.15. The van der Waals surface area contributed by atoms with Gasteiger partial charge in [0.05, 0.1) is 16.4 Å². The molecule has 0 aliphatic carbocycles. The Morgan fingerprint density at radius 1 is 1.45 bits per heavy atom. The molecule has 124 valence electrons. The molecule has 1 aromatic heterocycles. The monoisotopic (exact) mass is 346 g/mol. The molecule has 0 bridgehead atoms. The van der Waals surface area contributed by atoms with Crippen LogP contribution in [0.5, 0.6) is 0 Å². The Morgan fingerprint density at radius 3 is 2.77 bits per heavy atom. The van der Waals surface area contributed by atoms with Crippen LogP contribution in [0.25, 0.3) is 0 Å². The summed E-state index contributed by atoms with van der Waals surface area (Å²) in [6.07, 6.45) is 1.77. The minimum Gasteiger partial charge on any atom is -0.383 e. The second kappa shape index (κ2) is 7.54. The summed E-state index contributed by atoms with van der Waals surface area (Å²) in [7, 11) is -1.93. The highest BCUT2D eigenvalue weighted by Gasteiger charge is 2.29. The summed E-state index contributed by atoms with van der Waals surface area (Å²) in [6, 6.07) is 1.46. The van der Waals surface area contributed by atoms with Crippen LogP contribution in [-0.2, 0) is 14.8 Å². The lowest BCUT2D eigenvalue weighted by atomic mass is 10.0. The highest BCUT2D eigenvalue weighted by molar-refractivity contribution is 7.89. The van der Waals surface area contributed by atoms with Crippen LogP contribution in [0.2, 0.25) is 0 Å². The molecule has 1 aromatic rings. The average Bonchev–Trinajstić information content (AvgIpc) is 2.98. The number of thiophene rings is 1. The second-order valence-electron chi connectivity index (χ2n) is 5.48. The van der Waals surface area contributed by atoms with Gasteiger partial charge in [-0.05, 0) is 24.8 Å². The molecule has 1 aliphatic rings. The number of hydrogen-bond acceptors (Lipinski definition) is 5. The van der Waals surface area contributed by atoms with Gasteiger partial charge < -0.3 is 10.1 Å². The number of rotatable bonds is 6. The van der Waals surface area contributed by atoms with Crippen molar-refractivity contribution in [3.05, 3.63) is 16.3 Å². The van der Waals surface area contributed by atoms with Gasteiger partial charge in [0.1, 0.15) is 0 Å². The Bertz CT molecular complexity index is 604. The molecule has 0 unspecified atom stereocenters. The van der Waals surface area contributed by atoms with E-state index in [1.54, 1.807) is 12.5 Å². The first-order chi connectivity index (χ1) is 10.4. The molecule has 1 N–H and O–H groups in total. The van der Waals surface area contributed by atoms with E-state index in [1.807, 2.05) is 0 Å². The maximum atomic E-state index is 12.6. The largest absolute Gasteiger partial charge is 0.383 e. The highest BCUT2D eigenvalue weighted by Crippen LogP contribution is 2.26. The van der Waals surface area contributed by atoms with E-state index >= 15 is 0 Å². The van der Waals surface area contributed by atoms with E-state index in [4.69, 9.17) is 4.74 Å². The van der Waals surface area contributed by atoms with Crippen molar-refractivity contribution in [2.24, 2.45) is 5.92 Å². The topological polar surface area (TPSA) is 75.7 Å². The van der Waals surface area contributed by atoms with Crippen molar-refractivity contribution in [3.8, 4) is 0 Å². The van der Waals surface area contributed by atoms with Gasteiger partial charge in [-0.1, -0.05) is 6.92 Å². The van der Waals surface area contributed by atoms with E-state index in [-0.39, 0.29) is 10.8 Å². The van der Waals surface area contributed by atoms with Crippen LogP contribution in [0.1, 0.15) is 29.4 Å². The predicted molar refractivity (Wildman–Crippen MR) is 85.7 cm³/mol. The Balaban J connectivity index is 2.05. The van der Waals surface area contributed by atoms with Crippen LogP contribution in [-0.4, -0.2) is 52.0 Å². The highest BCUT2D eigenvalue weighted by atomic mass is 32.2. The lowest BCUT2D eigenvalue weighted by Gasteiger charge is -2.29. The van der Waals surface area contributed by atoms with E-state index < -0.39 is 10.0 Å². The van der Waals surface area contributed by atoms with E-state index in [2.05, 4.69) is 12.2 Å². The zero-order valence-electron chi connectivity index (χ0n) is 12.9. The number of sulfonamides is 1. The molecule has 2 heterocycles. The maximum Gasteiger partial charge on any atom is 0.261 e. The van der Waals surface area contributed by atoms with Gasteiger partial charge in [-0.25, -0.2) is 8.42 Å². The normalized spacial score (nSPS) is 17.5. The van der Waals surface area contributed by atoms with E-state index in [9.17, 15) is 13.2 Å². The lowest BCUT2D eigenvalue weighted by Crippen LogP contribution is -2.37. The van der Waals surface area contributed by atoms with Gasteiger partial charge >= 0.3 is 0 Å². The number of carbonyl (C=O) groups excluding carboxylic acids is 1. The Morgan fingerprint density at radius 2 is 2.14 bits per heavy atom. The third-order valence-electron chi connectivity index (χ3n) is 3.77. The third kappa shape index (κ3) is 4.07. The number of carbonyl (C=O) groups is 1. The van der Waals surface area contributed by atoms with Crippen LogP contribution >= 0.6 is 11.3 Å². The number of ether oxygens (including phenoxy) is 1. The van der Waals surface area contributed by atoms with Crippen LogP contribution < -0.4 is 5.32 Å². The van der Waals surface area contributed by atoms with Gasteiger partial charge in [0.25, 0.3) is 5.91 Å². The minimum atomic E-state index is -3.48. The molecule has 0 spiro atoms. The first kappa shape index (κ1) is 17.4. The molecule has 0 saturated carbocycles. The molecule has 8 heteroatoms. The lowest BCUT2D eigenvalue weighted by molar-refractivity contribution is 0.0941. The van der Waals surface area contributed by atoms with Gasteiger partial charge in [-0.3, -0.25) is 4.79 Å². The molecule has 1 saturated heterocycles. The third-order valence-corrected chi connectivity index (χ3v) is 6.73. The fraction of sp³-hybridized carbons (Fsp3) is 0.643. The van der Waals surface area contributed by atoms with Crippen LogP contribution in [0.3, 0.4) is 0 Å². The molecule has 6 nitrogen and oxygen atoms in total. The predicted octanol–water partition coefficient (Wildman–Crippen LogP) is 1.54. The summed E-state index contributed by atoms with van der Waals surface area (Å²) in [5, 5.41) is 4.23. The number of nitrogens with zero attached hydrogens (tertiary/aromatic N) is 1. The molecule has 1 aliphatic heterocycles. The summed E-state index contributed by atoms with van der Waals surface area (Å²) < 4.78 is 31.5. The zero-order valence-corrected chi connectivity index (χ0v) is 14.5. The van der Waals surface area contributed by atoms with Crippen LogP contribution in [0.4, 0.5) is 0 Å². The van der Waals surface area contributed by atoms with Crippen molar-refractivity contribution in [1.29, 1.82) is 0 Å². The van der Waals surface area contributed by atoms with Gasteiger partial charge in [-0.2, -0.15) is 4.31 Å². The average molecular weight is 346 g/mol. The Kier molecular flexibility index (Phi) is 5.96. The van der Waals surface area contributed by atoms with Gasteiger partial charge in [0.2, 0.25) is 10.0 Å². The van der Waals surface area contributed by atoms with Crippen LogP contribution in [0, 0.1) is 5.92 Å². The number of piperidine rings is 1. The molecule has 22 heavy (non-hydrogen) atoms. The van der Waals surface area contributed by atoms with Crippen LogP contribution in [0.15, 0.2) is 16.3 Å². The van der Waals surface area contributed by atoms with Gasteiger partial charge in [0, 0.05) is 32.1 Å². The van der Waals surface area contributed by atoms with Gasteiger partial charge in [-0.15, -0.1) is 11.3 Å². The number of methoxy groups -OCH3 is 1. The van der Waals surface area contributed by atoms with Crippen molar-refractivity contribution in [3.63, 3.8) is 0 Å². The summed E-state index contributed by atoms with van der Waals surface area (Å²) in [6.45, 7) is 4.06. The molecule has 0 atom stereocenters. The van der Waals surface area contributed by atoms with Crippen molar-refractivity contribution in [1.82, 2.24) is 9.62 Å². The maximum absolute atomic E-state index is 12.6. The van der Waals surface area contributed by atoms with E-state index in [0.29, 0.717) is 37.0 Å². The van der Waals surface area contributed by atoms with Gasteiger partial charge in [0.15, 0.2) is 0 Å². The molecule has 1 fully saturated rings. The Labute approximate surface area is 135 Å². The number of amides is 1. The number of nitrogens with one attached hydrogen (secondary N) is 1. The first-order valence-electron chi connectivity index (χ1n) is 7.31. The molecule has 1 amide bonds. The molecule has 0 aromatic carbocycles. The second-order valence-corrected chi connectivity index (χ2v) is 8.33. The molecule has 0 radical (unpaired) electrons. The van der Waals surface area contributed by atoms with Crippen molar-refractivity contribution in [2.75, 3.05) is 33.4 Å². The summed E-state index contributed by atoms with van der Waals surface area (Å²) in [5.74, 6) is 0.298. The Hall–Kier alpha value is -0.960. The summed E-state index contributed by atoms with van der Waals surface area (Å²) in [5.41, 5.74) is 0. The van der Waals surface area contributed by atoms with Crippen molar-refractivity contribution < 1.29 is 17.9 Å². The number of hydrogen-bond donors (Lipinski definition) is 1. The smallest absolute Gasteiger partial charge is 0.261 e. The zero-order chi connectivity index (χ0) is 16.2. The standard InChI is InChI=1S/C14H22N2O4S2/c1-11-3-6-16(7-4-11)22(18,19)12-9-13(21-10-12)14(17)15-5-8-20-2/h9-11H,3-8H2,1-2H3,(H,15,17). The molecule has 2 rings (SSSR count). The summed E-state index contributed by atoms with van der Waals surface area (Å²) in [4.78, 5) is 12.5. The van der Waals surface area contributed by atoms with E-state index in [0.717, 1.165) is 24.2 Å². The fourth-order valence-corrected chi connectivity index (χ4v) is 4.95. The fourth-order valence-electron chi connectivity index (χ4n) is 2.30. The quantitative estimate of drug-likeness (QED) is 0.793. The van der Waals surface area contributed by atoms with Crippen molar-refractivity contribution >= 4 is 27.3 Å². The molecular weight excluding hydrogens is 324 g/mol.